The molecule has 94 valence electrons. The van der Waals surface area contributed by atoms with Gasteiger partial charge in [0.1, 0.15) is 0 Å². The minimum atomic E-state index is 0.0243. The van der Waals surface area contributed by atoms with Gasteiger partial charge in [-0.15, -0.1) is 11.6 Å². The fourth-order valence-corrected chi connectivity index (χ4v) is 2.24. The number of carbonyl (C=O) groups excluding carboxylic acids is 1. The van der Waals surface area contributed by atoms with Crippen LogP contribution in [0.5, 0.6) is 0 Å². The number of alkyl halides is 1. The van der Waals surface area contributed by atoms with Gasteiger partial charge in [-0.3, -0.25) is 4.79 Å². The Hall–Kier alpha value is -0.540. The molecule has 1 aromatic rings. The van der Waals surface area contributed by atoms with Gasteiger partial charge in [0.2, 0.25) is 0 Å². The van der Waals surface area contributed by atoms with Gasteiger partial charge >= 0.3 is 0 Å². The summed E-state index contributed by atoms with van der Waals surface area (Å²) < 4.78 is 0.827. The van der Waals surface area contributed by atoms with Crippen LogP contribution >= 0.6 is 27.5 Å². The largest absolute Gasteiger partial charge is 0.335 e. The summed E-state index contributed by atoms with van der Waals surface area (Å²) in [5, 5.41) is 0. The summed E-state index contributed by atoms with van der Waals surface area (Å²) in [4.78, 5) is 14.2. The molecule has 0 N–H and O–H groups in total. The molecule has 0 aromatic heterocycles. The molecule has 0 saturated heterocycles. The maximum absolute atomic E-state index is 12.4. The summed E-state index contributed by atoms with van der Waals surface area (Å²) in [6.45, 7) is 6.53. The van der Waals surface area contributed by atoms with Crippen molar-refractivity contribution < 1.29 is 4.79 Å². The van der Waals surface area contributed by atoms with E-state index < -0.39 is 0 Å². The minimum absolute atomic E-state index is 0.0243. The fraction of sp³-hybridized carbons (Fsp3) is 0.462. The molecule has 0 fully saturated rings. The van der Waals surface area contributed by atoms with Crippen molar-refractivity contribution in [2.24, 2.45) is 0 Å². The van der Waals surface area contributed by atoms with Crippen LogP contribution in [0.15, 0.2) is 22.7 Å². The van der Waals surface area contributed by atoms with Crippen molar-refractivity contribution in [1.29, 1.82) is 0 Å². The van der Waals surface area contributed by atoms with Crippen LogP contribution < -0.4 is 0 Å². The average Bonchev–Trinajstić information content (AvgIpc) is 2.28. The van der Waals surface area contributed by atoms with E-state index in [1.165, 1.54) is 0 Å². The molecule has 1 aromatic carbocycles. The second-order valence-corrected chi connectivity index (χ2v) is 5.50. The van der Waals surface area contributed by atoms with Crippen molar-refractivity contribution in [3.63, 3.8) is 0 Å². The number of rotatable bonds is 4. The highest BCUT2D eigenvalue weighted by Gasteiger charge is 2.20. The molecule has 4 heteroatoms. The van der Waals surface area contributed by atoms with Crippen molar-refractivity contribution >= 4 is 33.4 Å². The number of nitrogens with zero attached hydrogens (tertiary/aromatic N) is 1. The Morgan fingerprint density at radius 2 is 2.12 bits per heavy atom. The van der Waals surface area contributed by atoms with Crippen molar-refractivity contribution in [2.45, 2.75) is 26.8 Å². The minimum Gasteiger partial charge on any atom is -0.335 e. The molecule has 1 rings (SSSR count). The third-order valence-corrected chi connectivity index (χ3v) is 3.42. The van der Waals surface area contributed by atoms with E-state index in [0.717, 1.165) is 10.0 Å². The number of carbonyl (C=O) groups is 1. The predicted molar refractivity (Wildman–Crippen MR) is 75.8 cm³/mol. The highest BCUT2D eigenvalue weighted by molar-refractivity contribution is 9.10. The summed E-state index contributed by atoms with van der Waals surface area (Å²) in [6.07, 6.45) is 0. The van der Waals surface area contributed by atoms with Crippen LogP contribution in [0.2, 0.25) is 0 Å². The molecule has 17 heavy (non-hydrogen) atoms. The maximum atomic E-state index is 12.4. The smallest absolute Gasteiger partial charge is 0.255 e. The number of hydrogen-bond acceptors (Lipinski definition) is 1. The topological polar surface area (TPSA) is 20.3 Å². The molecule has 0 unspecified atom stereocenters. The number of aryl methyl sites for hydroxylation is 1. The molecular weight excluding hydrogens is 302 g/mol. The van der Waals surface area contributed by atoms with E-state index in [4.69, 9.17) is 11.6 Å². The van der Waals surface area contributed by atoms with Gasteiger partial charge in [-0.1, -0.05) is 11.6 Å². The molecule has 2 nitrogen and oxygen atoms in total. The first-order valence-electron chi connectivity index (χ1n) is 5.60. The van der Waals surface area contributed by atoms with Crippen LogP contribution in [-0.2, 0) is 0 Å². The summed E-state index contributed by atoms with van der Waals surface area (Å²) in [6, 6.07) is 5.92. The Kier molecular flexibility index (Phi) is 5.47. The van der Waals surface area contributed by atoms with Crippen LogP contribution in [0.4, 0.5) is 0 Å². The predicted octanol–water partition coefficient (Wildman–Crippen LogP) is 3.85. The number of hydrogen-bond donors (Lipinski definition) is 0. The lowest BCUT2D eigenvalue weighted by Gasteiger charge is -2.26. The molecular formula is C13H17BrClNO. The van der Waals surface area contributed by atoms with E-state index in [-0.39, 0.29) is 11.9 Å². The lowest BCUT2D eigenvalue weighted by Crippen LogP contribution is -2.38. The van der Waals surface area contributed by atoms with E-state index in [1.54, 1.807) is 4.90 Å². The zero-order valence-electron chi connectivity index (χ0n) is 10.3. The van der Waals surface area contributed by atoms with E-state index in [9.17, 15) is 4.79 Å². The Morgan fingerprint density at radius 3 is 2.65 bits per heavy atom. The maximum Gasteiger partial charge on any atom is 0.255 e. The summed E-state index contributed by atoms with van der Waals surface area (Å²) in [5.74, 6) is 0.476. The molecule has 0 aliphatic carbocycles. The molecule has 0 atom stereocenters. The van der Waals surface area contributed by atoms with Crippen LogP contribution in [0.1, 0.15) is 29.8 Å². The monoisotopic (exact) mass is 317 g/mol. The Morgan fingerprint density at radius 1 is 1.47 bits per heavy atom. The fourth-order valence-electron chi connectivity index (χ4n) is 1.64. The third-order valence-electron chi connectivity index (χ3n) is 2.56. The van der Waals surface area contributed by atoms with E-state index in [1.807, 2.05) is 39.0 Å². The first kappa shape index (κ1) is 14.5. The summed E-state index contributed by atoms with van der Waals surface area (Å²) >= 11 is 9.16. The Labute approximate surface area is 116 Å². The van der Waals surface area contributed by atoms with Crippen molar-refractivity contribution in [3.05, 3.63) is 33.8 Å². The first-order chi connectivity index (χ1) is 7.97. The number of benzene rings is 1. The summed E-state index contributed by atoms with van der Waals surface area (Å²) in [7, 11) is 0. The van der Waals surface area contributed by atoms with Crippen LogP contribution in [0, 0.1) is 6.92 Å². The highest BCUT2D eigenvalue weighted by Crippen LogP contribution is 2.20. The number of amides is 1. The van der Waals surface area contributed by atoms with Crippen molar-refractivity contribution in [3.8, 4) is 0 Å². The Balaban J connectivity index is 3.04. The quantitative estimate of drug-likeness (QED) is 0.772. The van der Waals surface area contributed by atoms with Gasteiger partial charge in [0.05, 0.1) is 5.56 Å². The molecule has 0 bridgehead atoms. The van der Waals surface area contributed by atoms with Gasteiger partial charge in [0.15, 0.2) is 0 Å². The third kappa shape index (κ3) is 3.71. The van der Waals surface area contributed by atoms with Gasteiger partial charge in [-0.2, -0.15) is 0 Å². The van der Waals surface area contributed by atoms with Crippen LogP contribution in [-0.4, -0.2) is 29.3 Å². The van der Waals surface area contributed by atoms with Crippen molar-refractivity contribution in [1.82, 2.24) is 4.90 Å². The molecule has 0 saturated carbocycles. The molecule has 0 aliphatic heterocycles. The summed E-state index contributed by atoms with van der Waals surface area (Å²) in [5.41, 5.74) is 1.77. The molecule has 0 radical (unpaired) electrons. The van der Waals surface area contributed by atoms with Crippen molar-refractivity contribution in [2.75, 3.05) is 12.4 Å². The van der Waals surface area contributed by atoms with Gasteiger partial charge in [-0.05, 0) is 48.8 Å². The van der Waals surface area contributed by atoms with Crippen LogP contribution in [0.25, 0.3) is 0 Å². The van der Waals surface area contributed by atoms with Gasteiger partial charge in [-0.25, -0.2) is 0 Å². The standard InChI is InChI=1S/C13H17BrClNO/c1-9(2)16(7-6-15)13(17)11-8-10(3)4-5-12(11)14/h4-5,8-9H,6-7H2,1-3H3. The molecule has 0 spiro atoms. The van der Waals surface area contributed by atoms with E-state index in [0.29, 0.717) is 18.0 Å². The normalized spacial score (nSPS) is 10.7. The second kappa shape index (κ2) is 6.41. The lowest BCUT2D eigenvalue weighted by atomic mass is 10.1. The van der Waals surface area contributed by atoms with E-state index >= 15 is 0 Å². The Bertz CT molecular complexity index is 406. The van der Waals surface area contributed by atoms with Gasteiger partial charge < -0.3 is 4.90 Å². The van der Waals surface area contributed by atoms with Gasteiger partial charge in [0, 0.05) is 22.9 Å². The molecule has 0 heterocycles. The zero-order chi connectivity index (χ0) is 13.0. The average molecular weight is 319 g/mol. The lowest BCUT2D eigenvalue weighted by molar-refractivity contribution is 0.0717. The SMILES string of the molecule is Cc1ccc(Br)c(C(=O)N(CCCl)C(C)C)c1. The first-order valence-corrected chi connectivity index (χ1v) is 6.93. The number of halogens is 2. The molecule has 1 amide bonds. The highest BCUT2D eigenvalue weighted by atomic mass is 79.9. The van der Waals surface area contributed by atoms with E-state index in [2.05, 4.69) is 15.9 Å². The second-order valence-electron chi connectivity index (χ2n) is 4.26. The zero-order valence-corrected chi connectivity index (χ0v) is 12.7. The van der Waals surface area contributed by atoms with Crippen LogP contribution in [0.3, 0.4) is 0 Å². The molecule has 0 aliphatic rings. The van der Waals surface area contributed by atoms with Gasteiger partial charge in [0.25, 0.3) is 5.91 Å².